The normalized spacial score (nSPS) is 15.4. The average Bonchev–Trinajstić information content (AvgIpc) is 3.11. The van der Waals surface area contributed by atoms with E-state index in [-0.39, 0.29) is 5.91 Å². The van der Waals surface area contributed by atoms with Gasteiger partial charge in [0.25, 0.3) is 5.91 Å². The standard InChI is InChI=1S/C20H15ClN6O/c1-12-17(20(28)26-16-6-4-15(21)5-7-16)18(13-3-2-8-23-10-13)27-19(25-12)14(9-22)11-24-27/h2-8,10-11,18,25H,1H3,(H,26,28)/t18-/m1/s1. The third-order valence-corrected chi connectivity index (χ3v) is 4.74. The molecule has 0 fully saturated rings. The van der Waals surface area contributed by atoms with Gasteiger partial charge in [-0.15, -0.1) is 0 Å². The molecule has 1 aliphatic heterocycles. The van der Waals surface area contributed by atoms with Crippen LogP contribution in [0.25, 0.3) is 0 Å². The molecule has 2 aromatic heterocycles. The van der Waals surface area contributed by atoms with E-state index < -0.39 is 6.04 Å². The quantitative estimate of drug-likeness (QED) is 0.710. The summed E-state index contributed by atoms with van der Waals surface area (Å²) in [6, 6.07) is 12.2. The fourth-order valence-corrected chi connectivity index (χ4v) is 3.33. The first-order valence-electron chi connectivity index (χ1n) is 8.50. The summed E-state index contributed by atoms with van der Waals surface area (Å²) < 4.78 is 1.64. The van der Waals surface area contributed by atoms with Crippen molar-refractivity contribution in [1.29, 1.82) is 5.26 Å². The zero-order valence-corrected chi connectivity index (χ0v) is 15.6. The molecule has 3 aromatic rings. The number of nitrogens with one attached hydrogen (secondary N) is 2. The smallest absolute Gasteiger partial charge is 0.255 e. The molecular formula is C20H15ClN6O. The zero-order valence-electron chi connectivity index (χ0n) is 14.8. The van der Waals surface area contributed by atoms with Crippen molar-refractivity contribution in [1.82, 2.24) is 14.8 Å². The first-order valence-corrected chi connectivity index (χ1v) is 8.88. The lowest BCUT2D eigenvalue weighted by atomic mass is 9.95. The first-order chi connectivity index (χ1) is 13.6. The molecule has 0 saturated heterocycles. The Morgan fingerprint density at radius 2 is 2.07 bits per heavy atom. The Balaban J connectivity index is 1.78. The van der Waals surface area contributed by atoms with E-state index in [2.05, 4.69) is 26.8 Å². The lowest BCUT2D eigenvalue weighted by Gasteiger charge is -2.29. The van der Waals surface area contributed by atoms with Gasteiger partial charge in [0, 0.05) is 28.8 Å². The largest absolute Gasteiger partial charge is 0.343 e. The minimum absolute atomic E-state index is 0.277. The predicted molar refractivity (Wildman–Crippen MR) is 106 cm³/mol. The van der Waals surface area contributed by atoms with E-state index in [0.717, 1.165) is 5.56 Å². The number of fused-ring (bicyclic) bond motifs is 1. The lowest BCUT2D eigenvalue weighted by molar-refractivity contribution is -0.113. The van der Waals surface area contributed by atoms with E-state index >= 15 is 0 Å². The van der Waals surface area contributed by atoms with Crippen LogP contribution in [0.3, 0.4) is 0 Å². The van der Waals surface area contributed by atoms with Crippen molar-refractivity contribution in [2.24, 2.45) is 0 Å². The first kappa shape index (κ1) is 17.8. The predicted octanol–water partition coefficient (Wildman–Crippen LogP) is 3.73. The molecule has 0 saturated carbocycles. The van der Waals surface area contributed by atoms with Crippen molar-refractivity contribution in [3.05, 3.63) is 82.4 Å². The number of aromatic nitrogens is 3. The molecule has 1 amide bonds. The maximum absolute atomic E-state index is 13.2. The molecule has 2 N–H and O–H groups in total. The maximum Gasteiger partial charge on any atom is 0.255 e. The summed E-state index contributed by atoms with van der Waals surface area (Å²) in [6.45, 7) is 1.80. The molecule has 0 radical (unpaired) electrons. The Morgan fingerprint density at radius 3 is 2.75 bits per heavy atom. The molecule has 0 bridgehead atoms. The molecule has 0 unspecified atom stereocenters. The van der Waals surface area contributed by atoms with E-state index in [9.17, 15) is 10.1 Å². The second kappa shape index (κ2) is 7.18. The molecule has 0 spiro atoms. The molecule has 0 aliphatic carbocycles. The minimum atomic E-state index is -0.514. The van der Waals surface area contributed by atoms with E-state index in [0.29, 0.717) is 33.4 Å². The third kappa shape index (κ3) is 3.10. The number of nitriles is 1. The number of allylic oxidation sites excluding steroid dienone is 1. The number of halogens is 1. The van der Waals surface area contributed by atoms with E-state index in [4.69, 9.17) is 11.6 Å². The van der Waals surface area contributed by atoms with Gasteiger partial charge >= 0.3 is 0 Å². The van der Waals surface area contributed by atoms with Crippen LogP contribution < -0.4 is 10.6 Å². The number of carbonyl (C=O) groups excluding carboxylic acids is 1. The van der Waals surface area contributed by atoms with Gasteiger partial charge < -0.3 is 10.6 Å². The van der Waals surface area contributed by atoms with Gasteiger partial charge in [-0.1, -0.05) is 17.7 Å². The van der Waals surface area contributed by atoms with Gasteiger partial charge in [-0.3, -0.25) is 9.78 Å². The SMILES string of the molecule is CC1=C(C(=O)Nc2ccc(Cl)cc2)[C@@H](c2cccnc2)n2ncc(C#N)c2N1. The highest BCUT2D eigenvalue weighted by Gasteiger charge is 2.34. The van der Waals surface area contributed by atoms with Crippen LogP contribution >= 0.6 is 11.6 Å². The van der Waals surface area contributed by atoms with Gasteiger partial charge in [0.1, 0.15) is 23.5 Å². The minimum Gasteiger partial charge on any atom is -0.343 e. The molecule has 8 heteroatoms. The number of benzene rings is 1. The number of pyridine rings is 1. The highest BCUT2D eigenvalue weighted by Crippen LogP contribution is 2.37. The van der Waals surface area contributed by atoms with Gasteiger partial charge in [0.05, 0.1) is 11.8 Å². The van der Waals surface area contributed by atoms with Gasteiger partial charge in [0.15, 0.2) is 0 Å². The van der Waals surface area contributed by atoms with E-state index in [1.807, 2.05) is 6.07 Å². The molecule has 3 heterocycles. The van der Waals surface area contributed by atoms with E-state index in [1.165, 1.54) is 6.20 Å². The summed E-state index contributed by atoms with van der Waals surface area (Å²) in [5, 5.41) is 20.3. The summed E-state index contributed by atoms with van der Waals surface area (Å²) in [7, 11) is 0. The number of anilines is 2. The van der Waals surface area contributed by atoms with Crippen LogP contribution in [0.15, 0.2) is 66.3 Å². The van der Waals surface area contributed by atoms with Gasteiger partial charge in [-0.05, 0) is 42.8 Å². The van der Waals surface area contributed by atoms with Gasteiger partial charge in [-0.2, -0.15) is 10.4 Å². The van der Waals surface area contributed by atoms with Gasteiger partial charge in [0.2, 0.25) is 0 Å². The van der Waals surface area contributed by atoms with Crippen LogP contribution in [0, 0.1) is 11.3 Å². The Bertz CT molecular complexity index is 1110. The molecule has 1 aromatic carbocycles. The van der Waals surface area contributed by atoms with Crippen molar-refractivity contribution in [3.8, 4) is 6.07 Å². The lowest BCUT2D eigenvalue weighted by Crippen LogP contribution is -2.31. The van der Waals surface area contributed by atoms with Crippen LogP contribution in [-0.2, 0) is 4.79 Å². The number of carbonyl (C=O) groups is 1. The van der Waals surface area contributed by atoms with Gasteiger partial charge in [-0.25, -0.2) is 4.68 Å². The summed E-state index contributed by atoms with van der Waals surface area (Å²) in [4.78, 5) is 17.3. The topological polar surface area (TPSA) is 95.6 Å². The Hall–Kier alpha value is -3.63. The van der Waals surface area contributed by atoms with Crippen LogP contribution in [-0.4, -0.2) is 20.7 Å². The average molecular weight is 391 g/mol. The monoisotopic (exact) mass is 390 g/mol. The molecular weight excluding hydrogens is 376 g/mol. The molecule has 1 aliphatic rings. The number of hydrogen-bond donors (Lipinski definition) is 2. The number of hydrogen-bond acceptors (Lipinski definition) is 5. The highest BCUT2D eigenvalue weighted by atomic mass is 35.5. The summed E-state index contributed by atoms with van der Waals surface area (Å²) >= 11 is 5.92. The van der Waals surface area contributed by atoms with Crippen molar-refractivity contribution in [2.75, 3.05) is 10.6 Å². The van der Waals surface area contributed by atoms with Crippen LogP contribution in [0.1, 0.15) is 24.1 Å². The molecule has 1 atom stereocenters. The summed E-state index contributed by atoms with van der Waals surface area (Å²) in [6.07, 6.45) is 4.84. The van der Waals surface area contributed by atoms with Crippen molar-refractivity contribution < 1.29 is 4.79 Å². The zero-order chi connectivity index (χ0) is 19.7. The molecule has 7 nitrogen and oxygen atoms in total. The fourth-order valence-electron chi connectivity index (χ4n) is 3.21. The summed E-state index contributed by atoms with van der Waals surface area (Å²) in [5.74, 6) is 0.276. The second-order valence-electron chi connectivity index (χ2n) is 6.28. The van der Waals surface area contributed by atoms with Crippen LogP contribution in [0.5, 0.6) is 0 Å². The van der Waals surface area contributed by atoms with Crippen LogP contribution in [0.2, 0.25) is 5.02 Å². The number of rotatable bonds is 3. The Kier molecular flexibility index (Phi) is 4.55. The van der Waals surface area contributed by atoms with E-state index in [1.54, 1.807) is 54.3 Å². The van der Waals surface area contributed by atoms with Crippen molar-refractivity contribution in [2.45, 2.75) is 13.0 Å². The Morgan fingerprint density at radius 1 is 1.29 bits per heavy atom. The number of nitrogens with zero attached hydrogens (tertiary/aromatic N) is 4. The summed E-state index contributed by atoms with van der Waals surface area (Å²) in [5.41, 5.74) is 2.96. The molecule has 4 rings (SSSR count). The van der Waals surface area contributed by atoms with Crippen LogP contribution in [0.4, 0.5) is 11.5 Å². The fraction of sp³-hybridized carbons (Fsp3) is 0.100. The van der Waals surface area contributed by atoms with Crippen molar-refractivity contribution >= 4 is 29.0 Å². The number of amides is 1. The Labute approximate surface area is 166 Å². The molecule has 28 heavy (non-hydrogen) atoms. The van der Waals surface area contributed by atoms with Crippen molar-refractivity contribution in [3.63, 3.8) is 0 Å². The maximum atomic E-state index is 13.2. The highest BCUT2D eigenvalue weighted by molar-refractivity contribution is 6.30. The second-order valence-corrected chi connectivity index (χ2v) is 6.71. The third-order valence-electron chi connectivity index (χ3n) is 4.49. The molecule has 138 valence electrons.